The minimum absolute atomic E-state index is 0.0627. The predicted octanol–water partition coefficient (Wildman–Crippen LogP) is 1.29. The van der Waals surface area contributed by atoms with E-state index in [1.54, 1.807) is 4.90 Å². The maximum atomic E-state index is 11.9. The number of nitrogens with one attached hydrogen (secondary N) is 1. The molecule has 0 aromatic carbocycles. The molecule has 5 heteroatoms. The van der Waals surface area contributed by atoms with Gasteiger partial charge in [-0.3, -0.25) is 4.79 Å². The molecule has 1 aliphatic carbocycles. The Morgan fingerprint density at radius 3 is 2.76 bits per heavy atom. The van der Waals surface area contributed by atoms with E-state index in [4.69, 9.17) is 5.11 Å². The second-order valence-corrected chi connectivity index (χ2v) is 5.25. The van der Waals surface area contributed by atoms with Crippen molar-refractivity contribution in [1.82, 2.24) is 10.2 Å². The van der Waals surface area contributed by atoms with Crippen LogP contribution < -0.4 is 5.32 Å². The zero-order chi connectivity index (χ0) is 12.4. The molecule has 17 heavy (non-hydrogen) atoms. The van der Waals surface area contributed by atoms with E-state index in [1.807, 2.05) is 0 Å². The Labute approximate surface area is 101 Å². The fourth-order valence-corrected chi connectivity index (χ4v) is 2.52. The molecule has 96 valence electrons. The summed E-state index contributed by atoms with van der Waals surface area (Å²) in [4.78, 5) is 24.3. The van der Waals surface area contributed by atoms with E-state index in [-0.39, 0.29) is 18.5 Å². The van der Waals surface area contributed by atoms with Crippen LogP contribution in [0.15, 0.2) is 0 Å². The van der Waals surface area contributed by atoms with Crippen LogP contribution in [0.1, 0.15) is 32.6 Å². The Bertz CT molecular complexity index is 319. The van der Waals surface area contributed by atoms with Crippen LogP contribution in [-0.4, -0.2) is 41.1 Å². The smallest absolute Gasteiger partial charge is 0.317 e. The van der Waals surface area contributed by atoms with Gasteiger partial charge in [0, 0.05) is 19.1 Å². The molecule has 2 rings (SSSR count). The van der Waals surface area contributed by atoms with E-state index < -0.39 is 5.97 Å². The Hall–Kier alpha value is -1.26. The zero-order valence-corrected chi connectivity index (χ0v) is 10.2. The Balaban J connectivity index is 1.78. The van der Waals surface area contributed by atoms with Gasteiger partial charge in [0.2, 0.25) is 0 Å². The van der Waals surface area contributed by atoms with Gasteiger partial charge < -0.3 is 15.3 Å². The highest BCUT2D eigenvalue weighted by atomic mass is 16.4. The largest absolute Gasteiger partial charge is 0.481 e. The molecule has 0 radical (unpaired) electrons. The summed E-state index contributed by atoms with van der Waals surface area (Å²) >= 11 is 0. The standard InChI is InChI=1S/C12H20N2O3/c1-8-5-9(8)7-13-12(17)14-4-2-3-10(14)6-11(15)16/h8-10H,2-7H2,1H3,(H,13,17)(H,15,16). The molecule has 1 saturated heterocycles. The molecule has 0 bridgehead atoms. The highest BCUT2D eigenvalue weighted by Crippen LogP contribution is 2.36. The molecule has 2 N–H and O–H groups in total. The van der Waals surface area contributed by atoms with Gasteiger partial charge in [-0.2, -0.15) is 0 Å². The van der Waals surface area contributed by atoms with Crippen LogP contribution in [0.5, 0.6) is 0 Å². The van der Waals surface area contributed by atoms with Crippen molar-refractivity contribution in [2.24, 2.45) is 11.8 Å². The second-order valence-electron chi connectivity index (χ2n) is 5.25. The number of urea groups is 1. The second kappa shape index (κ2) is 4.94. The number of aliphatic carboxylic acids is 1. The summed E-state index contributed by atoms with van der Waals surface area (Å²) in [6, 6.07) is -0.211. The molecule has 2 amide bonds. The van der Waals surface area contributed by atoms with Gasteiger partial charge in [0.05, 0.1) is 6.42 Å². The van der Waals surface area contributed by atoms with E-state index >= 15 is 0 Å². The summed E-state index contributed by atoms with van der Waals surface area (Å²) in [6.45, 7) is 3.60. The van der Waals surface area contributed by atoms with Gasteiger partial charge in [-0.25, -0.2) is 4.79 Å². The van der Waals surface area contributed by atoms with Crippen molar-refractivity contribution in [2.45, 2.75) is 38.6 Å². The molecule has 0 spiro atoms. The number of likely N-dealkylation sites (tertiary alicyclic amines) is 1. The molecule has 2 fully saturated rings. The Kier molecular flexibility index (Phi) is 3.54. The van der Waals surface area contributed by atoms with Crippen LogP contribution in [0.2, 0.25) is 0 Å². The average molecular weight is 240 g/mol. The van der Waals surface area contributed by atoms with Gasteiger partial charge in [0.1, 0.15) is 0 Å². The summed E-state index contributed by atoms with van der Waals surface area (Å²) in [5, 5.41) is 11.7. The van der Waals surface area contributed by atoms with E-state index in [1.165, 1.54) is 6.42 Å². The van der Waals surface area contributed by atoms with Gasteiger partial charge in [-0.1, -0.05) is 6.92 Å². The zero-order valence-electron chi connectivity index (χ0n) is 10.2. The van der Waals surface area contributed by atoms with Crippen molar-refractivity contribution in [3.8, 4) is 0 Å². The molecule has 5 nitrogen and oxygen atoms in total. The molecule has 1 saturated carbocycles. The lowest BCUT2D eigenvalue weighted by Gasteiger charge is -2.23. The first-order valence-corrected chi connectivity index (χ1v) is 6.34. The molecule has 2 aliphatic rings. The van der Waals surface area contributed by atoms with Gasteiger partial charge >= 0.3 is 12.0 Å². The lowest BCUT2D eigenvalue weighted by atomic mass is 10.1. The average Bonchev–Trinajstić information content (AvgIpc) is 2.75. The minimum atomic E-state index is -0.828. The lowest BCUT2D eigenvalue weighted by molar-refractivity contribution is -0.137. The van der Waals surface area contributed by atoms with E-state index in [0.717, 1.165) is 25.3 Å². The number of carbonyl (C=O) groups is 2. The van der Waals surface area contributed by atoms with Crippen molar-refractivity contribution in [2.75, 3.05) is 13.1 Å². The molecule has 3 unspecified atom stereocenters. The number of amides is 2. The van der Waals surface area contributed by atoms with Gasteiger partial charge in [0.25, 0.3) is 0 Å². The number of rotatable bonds is 4. The third-order valence-corrected chi connectivity index (χ3v) is 3.84. The van der Waals surface area contributed by atoms with E-state index in [2.05, 4.69) is 12.2 Å². The van der Waals surface area contributed by atoms with Gasteiger partial charge in [-0.05, 0) is 31.1 Å². The molecule has 0 aromatic rings. The summed E-state index contributed by atoms with van der Waals surface area (Å²) in [7, 11) is 0. The number of hydrogen-bond acceptors (Lipinski definition) is 2. The Morgan fingerprint density at radius 2 is 2.18 bits per heavy atom. The van der Waals surface area contributed by atoms with Crippen molar-refractivity contribution in [3.05, 3.63) is 0 Å². The highest BCUT2D eigenvalue weighted by molar-refractivity contribution is 5.76. The molecule has 1 heterocycles. The monoisotopic (exact) mass is 240 g/mol. The van der Waals surface area contributed by atoms with Crippen LogP contribution in [0, 0.1) is 11.8 Å². The topological polar surface area (TPSA) is 69.6 Å². The summed E-state index contributed by atoms with van der Waals surface area (Å²) in [5.74, 6) is 0.522. The van der Waals surface area contributed by atoms with Crippen LogP contribution >= 0.6 is 0 Å². The maximum Gasteiger partial charge on any atom is 0.317 e. The molecular formula is C12H20N2O3. The first-order valence-electron chi connectivity index (χ1n) is 6.34. The normalized spacial score (nSPS) is 31.4. The number of carbonyl (C=O) groups excluding carboxylic acids is 1. The van der Waals surface area contributed by atoms with Crippen LogP contribution in [-0.2, 0) is 4.79 Å². The van der Waals surface area contributed by atoms with Crippen molar-refractivity contribution in [3.63, 3.8) is 0 Å². The van der Waals surface area contributed by atoms with Gasteiger partial charge in [0.15, 0.2) is 0 Å². The van der Waals surface area contributed by atoms with Crippen molar-refractivity contribution in [1.29, 1.82) is 0 Å². The summed E-state index contributed by atoms with van der Waals surface area (Å²) < 4.78 is 0. The highest BCUT2D eigenvalue weighted by Gasteiger charge is 2.34. The van der Waals surface area contributed by atoms with Crippen LogP contribution in [0.25, 0.3) is 0 Å². The number of nitrogens with zero attached hydrogens (tertiary/aromatic N) is 1. The third kappa shape index (κ3) is 3.11. The van der Waals surface area contributed by atoms with Gasteiger partial charge in [-0.15, -0.1) is 0 Å². The van der Waals surface area contributed by atoms with Crippen LogP contribution in [0.4, 0.5) is 4.79 Å². The summed E-state index contributed by atoms with van der Waals surface area (Å²) in [5.41, 5.74) is 0. The van der Waals surface area contributed by atoms with Crippen molar-refractivity contribution < 1.29 is 14.7 Å². The predicted molar refractivity (Wildman–Crippen MR) is 62.7 cm³/mol. The Morgan fingerprint density at radius 1 is 1.47 bits per heavy atom. The maximum absolute atomic E-state index is 11.9. The fourth-order valence-electron chi connectivity index (χ4n) is 2.52. The number of carboxylic acids is 1. The quantitative estimate of drug-likeness (QED) is 0.778. The molecule has 0 aromatic heterocycles. The fraction of sp³-hybridized carbons (Fsp3) is 0.833. The minimum Gasteiger partial charge on any atom is -0.481 e. The molecule has 1 aliphatic heterocycles. The first kappa shape index (κ1) is 12.2. The summed E-state index contributed by atoms with van der Waals surface area (Å²) in [6.07, 6.45) is 2.97. The third-order valence-electron chi connectivity index (χ3n) is 3.84. The van der Waals surface area contributed by atoms with Crippen molar-refractivity contribution >= 4 is 12.0 Å². The van der Waals surface area contributed by atoms with E-state index in [0.29, 0.717) is 12.5 Å². The number of hydrogen-bond donors (Lipinski definition) is 2. The molecule has 3 atom stereocenters. The number of carboxylic acid groups (broad SMARTS) is 1. The first-order chi connectivity index (χ1) is 8.08. The lowest BCUT2D eigenvalue weighted by Crippen LogP contribution is -2.44. The van der Waals surface area contributed by atoms with E-state index in [9.17, 15) is 9.59 Å². The molecular weight excluding hydrogens is 220 g/mol. The van der Waals surface area contributed by atoms with Crippen LogP contribution in [0.3, 0.4) is 0 Å². The SMILES string of the molecule is CC1CC1CNC(=O)N1CCCC1CC(=O)O.